The molecule has 3 aromatic rings. The number of benzene rings is 2. The highest BCUT2D eigenvalue weighted by Gasteiger charge is 2.04. The number of rotatable bonds is 3. The average molecular weight is 273 g/mol. The number of aromatic amines is 1. The summed E-state index contributed by atoms with van der Waals surface area (Å²) in [5.74, 6) is -0.584. The molecule has 0 amide bonds. The van der Waals surface area contributed by atoms with Gasteiger partial charge in [-0.1, -0.05) is 6.07 Å². The zero-order valence-corrected chi connectivity index (χ0v) is 10.9. The summed E-state index contributed by atoms with van der Waals surface area (Å²) in [6.07, 6.45) is 0. The van der Waals surface area contributed by atoms with Gasteiger partial charge in [0.25, 0.3) is 0 Å². The van der Waals surface area contributed by atoms with E-state index in [9.17, 15) is 8.78 Å². The average Bonchev–Trinajstić information content (AvgIpc) is 2.77. The van der Waals surface area contributed by atoms with Crippen LogP contribution in [-0.2, 0) is 6.54 Å². The van der Waals surface area contributed by atoms with Crippen molar-refractivity contribution >= 4 is 17.0 Å². The van der Waals surface area contributed by atoms with Gasteiger partial charge in [-0.25, -0.2) is 13.8 Å². The first-order valence-electron chi connectivity index (χ1n) is 6.25. The third-order valence-corrected chi connectivity index (χ3v) is 3.02. The smallest absolute Gasteiger partial charge is 0.201 e. The van der Waals surface area contributed by atoms with E-state index in [2.05, 4.69) is 15.3 Å². The summed E-state index contributed by atoms with van der Waals surface area (Å²) in [5.41, 5.74) is 3.44. The number of hydrogen-bond donors (Lipinski definition) is 2. The van der Waals surface area contributed by atoms with E-state index < -0.39 is 11.6 Å². The topological polar surface area (TPSA) is 40.7 Å². The van der Waals surface area contributed by atoms with Gasteiger partial charge in [-0.05, 0) is 42.3 Å². The number of fused-ring (bicyclic) bond motifs is 1. The minimum atomic E-state index is -0.581. The van der Waals surface area contributed by atoms with Gasteiger partial charge in [-0.2, -0.15) is 0 Å². The van der Waals surface area contributed by atoms with Gasteiger partial charge in [-0.15, -0.1) is 0 Å². The molecule has 20 heavy (non-hydrogen) atoms. The molecule has 102 valence electrons. The number of hydrogen-bond acceptors (Lipinski definition) is 2. The Kier molecular flexibility index (Phi) is 3.10. The number of anilines is 1. The van der Waals surface area contributed by atoms with Gasteiger partial charge in [0.2, 0.25) is 5.95 Å². The van der Waals surface area contributed by atoms with Crippen molar-refractivity contribution in [1.29, 1.82) is 0 Å². The lowest BCUT2D eigenvalue weighted by atomic mass is 10.2. The van der Waals surface area contributed by atoms with Gasteiger partial charge < -0.3 is 10.3 Å². The molecule has 0 bridgehead atoms. The summed E-state index contributed by atoms with van der Waals surface area (Å²) in [5, 5.41) is 3.02. The molecule has 0 spiro atoms. The minimum Gasteiger partial charge on any atom is -0.352 e. The highest BCUT2D eigenvalue weighted by Crippen LogP contribution is 2.16. The third-order valence-electron chi connectivity index (χ3n) is 3.02. The van der Waals surface area contributed by atoms with Gasteiger partial charge in [0, 0.05) is 12.6 Å². The van der Waals surface area contributed by atoms with E-state index in [1.54, 1.807) is 0 Å². The molecular weight excluding hydrogens is 260 g/mol. The number of imidazole rings is 1. The predicted molar refractivity (Wildman–Crippen MR) is 74.5 cm³/mol. The van der Waals surface area contributed by atoms with Crippen molar-refractivity contribution in [2.75, 3.05) is 5.32 Å². The van der Waals surface area contributed by atoms with Crippen molar-refractivity contribution in [3.63, 3.8) is 0 Å². The minimum absolute atomic E-state index is 0.299. The first-order valence-corrected chi connectivity index (χ1v) is 6.25. The Morgan fingerprint density at radius 1 is 1.10 bits per heavy atom. The molecule has 0 saturated heterocycles. The second-order valence-corrected chi connectivity index (χ2v) is 4.74. The molecule has 0 aliphatic rings. The molecule has 2 aromatic carbocycles. The number of nitrogens with zero attached hydrogens (tertiary/aromatic N) is 1. The van der Waals surface area contributed by atoms with Crippen LogP contribution >= 0.6 is 0 Å². The lowest BCUT2D eigenvalue weighted by Gasteiger charge is -2.03. The first kappa shape index (κ1) is 12.6. The van der Waals surface area contributed by atoms with Gasteiger partial charge in [-0.3, -0.25) is 0 Å². The molecule has 0 aliphatic heterocycles. The Balaban J connectivity index is 1.79. The lowest BCUT2D eigenvalue weighted by Crippen LogP contribution is -2.01. The fourth-order valence-corrected chi connectivity index (χ4v) is 2.11. The molecular formula is C15H13F2N3. The summed E-state index contributed by atoms with van der Waals surface area (Å²) >= 11 is 0. The molecule has 0 atom stereocenters. The van der Waals surface area contributed by atoms with Crippen LogP contribution in [0.4, 0.5) is 14.7 Å². The van der Waals surface area contributed by atoms with E-state index in [4.69, 9.17) is 0 Å². The van der Waals surface area contributed by atoms with Crippen molar-refractivity contribution in [1.82, 2.24) is 9.97 Å². The predicted octanol–water partition coefficient (Wildman–Crippen LogP) is 3.76. The largest absolute Gasteiger partial charge is 0.352 e. The maximum Gasteiger partial charge on any atom is 0.201 e. The van der Waals surface area contributed by atoms with Crippen LogP contribution in [0.15, 0.2) is 36.4 Å². The molecule has 3 rings (SSSR count). The highest BCUT2D eigenvalue weighted by atomic mass is 19.1. The van der Waals surface area contributed by atoms with Gasteiger partial charge in [0.15, 0.2) is 0 Å². The standard InChI is InChI=1S/C15H13F2N3/c1-9-2-3-13-14(4-9)20-15(19-13)18-8-10-5-11(16)7-12(17)6-10/h2-7H,8H2,1H3,(H2,18,19,20). The van der Waals surface area contributed by atoms with Crippen molar-refractivity contribution in [3.05, 3.63) is 59.2 Å². The Morgan fingerprint density at radius 2 is 1.85 bits per heavy atom. The van der Waals surface area contributed by atoms with E-state index >= 15 is 0 Å². The second kappa shape index (κ2) is 4.92. The Labute approximate surface area is 114 Å². The fraction of sp³-hybridized carbons (Fsp3) is 0.133. The summed E-state index contributed by atoms with van der Waals surface area (Å²) in [6.45, 7) is 2.30. The molecule has 0 saturated carbocycles. The van der Waals surface area contributed by atoms with Gasteiger partial charge in [0.05, 0.1) is 11.0 Å². The molecule has 0 radical (unpaired) electrons. The van der Waals surface area contributed by atoms with Gasteiger partial charge >= 0.3 is 0 Å². The number of aromatic nitrogens is 2. The van der Waals surface area contributed by atoms with Crippen LogP contribution in [0, 0.1) is 18.6 Å². The fourth-order valence-electron chi connectivity index (χ4n) is 2.11. The maximum absolute atomic E-state index is 13.1. The Morgan fingerprint density at radius 3 is 2.60 bits per heavy atom. The van der Waals surface area contributed by atoms with E-state index in [0.29, 0.717) is 18.1 Å². The number of aryl methyl sites for hydroxylation is 1. The maximum atomic E-state index is 13.1. The van der Waals surface area contributed by atoms with E-state index in [1.165, 1.54) is 12.1 Å². The van der Waals surface area contributed by atoms with E-state index in [1.807, 2.05) is 25.1 Å². The molecule has 0 fully saturated rings. The molecule has 5 heteroatoms. The molecule has 1 heterocycles. The Bertz CT molecular complexity index is 745. The van der Waals surface area contributed by atoms with Crippen molar-refractivity contribution in [3.8, 4) is 0 Å². The van der Waals surface area contributed by atoms with Crippen molar-refractivity contribution in [2.45, 2.75) is 13.5 Å². The third kappa shape index (κ3) is 2.61. The normalized spacial score (nSPS) is 10.9. The summed E-state index contributed by atoms with van der Waals surface area (Å²) < 4.78 is 26.1. The SMILES string of the molecule is Cc1ccc2nc(NCc3cc(F)cc(F)c3)[nH]c2c1. The zero-order chi connectivity index (χ0) is 14.1. The van der Waals surface area contributed by atoms with Crippen LogP contribution in [0.25, 0.3) is 11.0 Å². The van der Waals surface area contributed by atoms with Crippen LogP contribution in [0.2, 0.25) is 0 Å². The molecule has 1 aromatic heterocycles. The number of nitrogens with one attached hydrogen (secondary N) is 2. The van der Waals surface area contributed by atoms with Crippen LogP contribution in [-0.4, -0.2) is 9.97 Å². The van der Waals surface area contributed by atoms with Crippen molar-refractivity contribution in [2.24, 2.45) is 0 Å². The Hall–Kier alpha value is -2.43. The molecule has 0 aliphatic carbocycles. The van der Waals surface area contributed by atoms with Crippen LogP contribution in [0.1, 0.15) is 11.1 Å². The monoisotopic (exact) mass is 273 g/mol. The summed E-state index contributed by atoms with van der Waals surface area (Å²) in [4.78, 5) is 7.49. The van der Waals surface area contributed by atoms with Crippen LogP contribution < -0.4 is 5.32 Å². The quantitative estimate of drug-likeness (QED) is 0.762. The van der Waals surface area contributed by atoms with Crippen LogP contribution in [0.5, 0.6) is 0 Å². The molecule has 2 N–H and O–H groups in total. The van der Waals surface area contributed by atoms with Gasteiger partial charge in [0.1, 0.15) is 11.6 Å². The van der Waals surface area contributed by atoms with Crippen LogP contribution in [0.3, 0.4) is 0 Å². The lowest BCUT2D eigenvalue weighted by molar-refractivity contribution is 0.580. The number of halogens is 2. The first-order chi connectivity index (χ1) is 9.60. The van der Waals surface area contributed by atoms with E-state index in [-0.39, 0.29) is 0 Å². The second-order valence-electron chi connectivity index (χ2n) is 4.74. The molecule has 3 nitrogen and oxygen atoms in total. The van der Waals surface area contributed by atoms with E-state index in [0.717, 1.165) is 22.7 Å². The zero-order valence-electron chi connectivity index (χ0n) is 10.9. The summed E-state index contributed by atoms with van der Waals surface area (Å²) in [7, 11) is 0. The van der Waals surface area contributed by atoms with Crippen molar-refractivity contribution < 1.29 is 8.78 Å². The summed E-state index contributed by atoms with van der Waals surface area (Å²) in [6, 6.07) is 9.34. The number of H-pyrrole nitrogens is 1. The highest BCUT2D eigenvalue weighted by molar-refractivity contribution is 5.78. The molecule has 0 unspecified atom stereocenters.